The van der Waals surface area contributed by atoms with Gasteiger partial charge in [0, 0.05) is 26.5 Å². The molecule has 1 unspecified atom stereocenters. The van der Waals surface area contributed by atoms with Crippen molar-refractivity contribution < 1.29 is 42.9 Å². The number of carbonyl (C=O) groups is 4. The van der Waals surface area contributed by atoms with E-state index in [0.717, 1.165) is 13.8 Å². The van der Waals surface area contributed by atoms with Gasteiger partial charge in [0.1, 0.15) is 0 Å². The first-order valence-electron chi connectivity index (χ1n) is 8.40. The Morgan fingerprint density at radius 1 is 0.964 bits per heavy atom. The third kappa shape index (κ3) is 7.78. The second-order valence-corrected chi connectivity index (χ2v) is 10.9. The number of hydrogen-bond donors (Lipinski definition) is 0. The number of ether oxygens (including phenoxy) is 5. The van der Waals surface area contributed by atoms with Gasteiger partial charge in [-0.2, -0.15) is 0 Å². The zero-order chi connectivity index (χ0) is 21.5. The van der Waals surface area contributed by atoms with E-state index < -0.39 is 58.5 Å². The molecular weight excluding hydrogens is 392 g/mol. The largest absolute Gasteiger partial charge is 0.456 e. The summed E-state index contributed by atoms with van der Waals surface area (Å²) in [7, 11) is -1.41. The molecule has 0 spiro atoms. The zero-order valence-corrected chi connectivity index (χ0v) is 17.4. The summed E-state index contributed by atoms with van der Waals surface area (Å²) in [6, 6.07) is 0. The minimum atomic E-state index is -1.41. The first kappa shape index (κ1) is 23.8. The van der Waals surface area contributed by atoms with E-state index in [0.29, 0.717) is 5.75 Å². The third-order valence-electron chi connectivity index (χ3n) is 3.53. The SMILES string of the molecule is C#CCS(C)(C)CC(=O)OC1OC[C@@H](OC(C)=O)[C@@H](OC(C)=O)[C@H]1OC(C)=O. The van der Waals surface area contributed by atoms with Gasteiger partial charge in [-0.3, -0.25) is 19.2 Å². The van der Waals surface area contributed by atoms with Crippen LogP contribution >= 0.6 is 10.0 Å². The predicted octanol–water partition coefficient (Wildman–Crippen LogP) is 0.378. The van der Waals surface area contributed by atoms with Gasteiger partial charge in [0.15, 0.2) is 12.2 Å². The lowest BCUT2D eigenvalue weighted by Gasteiger charge is -2.40. The Morgan fingerprint density at radius 3 is 2.00 bits per heavy atom. The maximum absolute atomic E-state index is 12.3. The van der Waals surface area contributed by atoms with Crippen molar-refractivity contribution >= 4 is 33.9 Å². The van der Waals surface area contributed by atoms with Crippen LogP contribution in [0.4, 0.5) is 0 Å². The predicted molar refractivity (Wildman–Crippen MR) is 101 cm³/mol. The van der Waals surface area contributed by atoms with Crippen molar-refractivity contribution in [3.63, 3.8) is 0 Å². The van der Waals surface area contributed by atoms with E-state index in [9.17, 15) is 19.2 Å². The average molecular weight is 418 g/mol. The molecule has 0 aromatic carbocycles. The van der Waals surface area contributed by atoms with Crippen LogP contribution in [0.1, 0.15) is 20.8 Å². The van der Waals surface area contributed by atoms with Crippen LogP contribution in [0.5, 0.6) is 0 Å². The van der Waals surface area contributed by atoms with Crippen molar-refractivity contribution in [1.82, 2.24) is 0 Å². The molecule has 1 saturated heterocycles. The Balaban J connectivity index is 3.01. The highest BCUT2D eigenvalue weighted by Crippen LogP contribution is 2.39. The van der Waals surface area contributed by atoms with Gasteiger partial charge in [-0.15, -0.1) is 6.42 Å². The van der Waals surface area contributed by atoms with Crippen LogP contribution < -0.4 is 0 Å². The van der Waals surface area contributed by atoms with Crippen molar-refractivity contribution in [3.05, 3.63) is 0 Å². The average Bonchev–Trinajstić information content (AvgIpc) is 2.50. The van der Waals surface area contributed by atoms with Crippen LogP contribution in [0.15, 0.2) is 0 Å². The Morgan fingerprint density at radius 2 is 1.50 bits per heavy atom. The van der Waals surface area contributed by atoms with Crippen molar-refractivity contribution in [2.45, 2.75) is 45.4 Å². The van der Waals surface area contributed by atoms with Crippen molar-refractivity contribution in [1.29, 1.82) is 0 Å². The first-order chi connectivity index (χ1) is 12.9. The standard InChI is InChI=1S/C18H26O9S/c1-7-8-28(5,6)10-15(22)27-18-17(26-13(4)21)16(25-12(3)20)14(9-23-18)24-11(2)19/h1,14,16-18H,8-10H2,2-6H3/t14-,16-,17-,18?/m1/s1. The summed E-state index contributed by atoms with van der Waals surface area (Å²) in [6.07, 6.45) is 4.25. The maximum Gasteiger partial charge on any atom is 0.316 e. The van der Waals surface area contributed by atoms with Gasteiger partial charge < -0.3 is 23.7 Å². The summed E-state index contributed by atoms with van der Waals surface area (Å²) in [5.74, 6) is 0.410. The zero-order valence-electron chi connectivity index (χ0n) is 16.6. The maximum atomic E-state index is 12.3. The molecule has 158 valence electrons. The quantitative estimate of drug-likeness (QED) is 0.329. The van der Waals surface area contributed by atoms with Gasteiger partial charge in [-0.1, -0.05) is 5.92 Å². The van der Waals surface area contributed by atoms with E-state index >= 15 is 0 Å². The van der Waals surface area contributed by atoms with Crippen LogP contribution in [0.25, 0.3) is 0 Å². The summed E-state index contributed by atoms with van der Waals surface area (Å²) < 4.78 is 26.2. The number of rotatable bonds is 7. The molecule has 1 aliphatic heterocycles. The molecule has 4 atom stereocenters. The highest BCUT2D eigenvalue weighted by atomic mass is 32.3. The molecule has 1 rings (SSSR count). The molecule has 1 fully saturated rings. The highest BCUT2D eigenvalue weighted by molar-refractivity contribution is 8.33. The number of esters is 4. The molecule has 0 N–H and O–H groups in total. The Labute approximate surface area is 165 Å². The van der Waals surface area contributed by atoms with Gasteiger partial charge >= 0.3 is 23.9 Å². The van der Waals surface area contributed by atoms with Crippen LogP contribution in [0, 0.1) is 12.3 Å². The fraction of sp³-hybridized carbons (Fsp3) is 0.667. The molecule has 0 amide bonds. The van der Waals surface area contributed by atoms with Crippen molar-refractivity contribution in [3.8, 4) is 12.3 Å². The lowest BCUT2D eigenvalue weighted by atomic mass is 10.0. The summed E-state index contributed by atoms with van der Waals surface area (Å²) in [5.41, 5.74) is 0. The molecule has 0 aliphatic carbocycles. The first-order valence-corrected chi connectivity index (χ1v) is 11.2. The van der Waals surface area contributed by atoms with Gasteiger partial charge in [0.05, 0.1) is 12.4 Å². The summed E-state index contributed by atoms with van der Waals surface area (Å²) in [5, 5.41) is 0. The lowest BCUT2D eigenvalue weighted by molar-refractivity contribution is -0.273. The summed E-state index contributed by atoms with van der Waals surface area (Å²) >= 11 is 0. The number of hydrogen-bond acceptors (Lipinski definition) is 9. The Bertz CT molecular complexity index is 652. The Hall–Kier alpha value is -2.25. The second-order valence-electron chi connectivity index (χ2n) is 6.75. The molecule has 0 aromatic rings. The normalized spacial score (nSPS) is 25.0. The van der Waals surface area contributed by atoms with Crippen molar-refractivity contribution in [2.75, 3.05) is 30.6 Å². The third-order valence-corrected chi connectivity index (χ3v) is 5.50. The van der Waals surface area contributed by atoms with Crippen LogP contribution in [-0.4, -0.2) is 79.1 Å². The van der Waals surface area contributed by atoms with Gasteiger partial charge in [0.25, 0.3) is 0 Å². The van der Waals surface area contributed by atoms with E-state index in [2.05, 4.69) is 5.92 Å². The fourth-order valence-electron chi connectivity index (χ4n) is 2.57. The highest BCUT2D eigenvalue weighted by Gasteiger charge is 2.48. The molecule has 9 nitrogen and oxygen atoms in total. The van der Waals surface area contributed by atoms with E-state index in [1.54, 1.807) is 0 Å². The molecule has 0 bridgehead atoms. The summed E-state index contributed by atoms with van der Waals surface area (Å²) in [6.45, 7) is 3.25. The van der Waals surface area contributed by atoms with E-state index in [1.807, 2.05) is 12.5 Å². The molecule has 0 saturated carbocycles. The lowest BCUT2D eigenvalue weighted by Crippen LogP contribution is -2.58. The number of carbonyl (C=O) groups excluding carboxylic acids is 4. The molecule has 10 heteroatoms. The molecule has 1 aliphatic rings. The van der Waals surface area contributed by atoms with Crippen LogP contribution in [0.3, 0.4) is 0 Å². The van der Waals surface area contributed by atoms with Crippen molar-refractivity contribution in [2.24, 2.45) is 0 Å². The molecule has 1 heterocycles. The molecule has 28 heavy (non-hydrogen) atoms. The molecular formula is C18H26O9S. The van der Waals surface area contributed by atoms with E-state index in [4.69, 9.17) is 30.1 Å². The van der Waals surface area contributed by atoms with Crippen LogP contribution in [-0.2, 0) is 42.9 Å². The van der Waals surface area contributed by atoms with Crippen LogP contribution in [0.2, 0.25) is 0 Å². The topological polar surface area (TPSA) is 114 Å². The summed E-state index contributed by atoms with van der Waals surface area (Å²) in [4.78, 5) is 46.7. The van der Waals surface area contributed by atoms with E-state index in [1.165, 1.54) is 6.92 Å². The van der Waals surface area contributed by atoms with E-state index in [-0.39, 0.29) is 12.4 Å². The van der Waals surface area contributed by atoms with Gasteiger partial charge in [-0.05, 0) is 12.5 Å². The Kier molecular flexibility index (Phi) is 8.78. The smallest absolute Gasteiger partial charge is 0.316 e. The molecule has 0 aromatic heterocycles. The molecule has 0 radical (unpaired) electrons. The van der Waals surface area contributed by atoms with Gasteiger partial charge in [-0.25, -0.2) is 10.0 Å². The minimum absolute atomic E-state index is 0.0788. The number of terminal acetylenes is 1. The van der Waals surface area contributed by atoms with Gasteiger partial charge in [0.2, 0.25) is 12.4 Å². The fourth-order valence-corrected chi connectivity index (χ4v) is 3.83. The minimum Gasteiger partial charge on any atom is -0.456 e. The monoisotopic (exact) mass is 418 g/mol. The second kappa shape index (κ2) is 10.3.